The monoisotopic (exact) mass is 322 g/mol. The zero-order chi connectivity index (χ0) is 16.4. The van der Waals surface area contributed by atoms with Gasteiger partial charge in [0.05, 0.1) is 5.92 Å². The molecule has 2 amide bonds. The molecule has 1 unspecified atom stereocenters. The number of likely N-dealkylation sites (tertiary alicyclic amines) is 1. The quantitative estimate of drug-likeness (QED) is 0.925. The van der Waals surface area contributed by atoms with Crippen LogP contribution in [0.25, 0.3) is 0 Å². The first-order valence-electron chi connectivity index (χ1n) is 8.06. The fourth-order valence-electron chi connectivity index (χ4n) is 2.95. The molecule has 6 heteroatoms. The molecule has 23 heavy (non-hydrogen) atoms. The van der Waals surface area contributed by atoms with Gasteiger partial charge in [0.15, 0.2) is 0 Å². The predicted molar refractivity (Wildman–Crippen MR) is 80.7 cm³/mol. The highest BCUT2D eigenvalue weighted by Crippen LogP contribution is 2.28. The van der Waals surface area contributed by atoms with Crippen LogP contribution >= 0.6 is 0 Å². The Morgan fingerprint density at radius 2 is 1.83 bits per heavy atom. The third-order valence-electron chi connectivity index (χ3n) is 4.45. The number of halogens is 2. The maximum atomic E-state index is 13.3. The van der Waals surface area contributed by atoms with Crippen LogP contribution in [0.5, 0.6) is 0 Å². The van der Waals surface area contributed by atoms with Gasteiger partial charge in [0.25, 0.3) is 5.91 Å². The number of carbonyl (C=O) groups is 2. The molecule has 2 fully saturated rings. The molecule has 1 N–H and O–H groups in total. The highest BCUT2D eigenvalue weighted by molar-refractivity contribution is 5.94. The van der Waals surface area contributed by atoms with Crippen molar-refractivity contribution in [2.24, 2.45) is 11.8 Å². The summed E-state index contributed by atoms with van der Waals surface area (Å²) >= 11 is 0. The smallest absolute Gasteiger partial charge is 0.254 e. The van der Waals surface area contributed by atoms with E-state index in [4.69, 9.17) is 0 Å². The van der Waals surface area contributed by atoms with Gasteiger partial charge in [-0.15, -0.1) is 0 Å². The minimum atomic E-state index is -0.774. The zero-order valence-electron chi connectivity index (χ0n) is 12.9. The standard InChI is InChI=1S/C17H20F2N2O2/c18-14-6-13(7-15(19)8-14)17(23)21-5-1-2-12(10-21)16(22)20-9-11-3-4-11/h6-8,11-12H,1-5,9-10H2,(H,20,22). The lowest BCUT2D eigenvalue weighted by molar-refractivity contribution is -0.126. The maximum absolute atomic E-state index is 13.3. The second kappa shape index (κ2) is 6.64. The molecule has 1 heterocycles. The van der Waals surface area contributed by atoms with Crippen LogP contribution in [-0.2, 0) is 4.79 Å². The Morgan fingerprint density at radius 3 is 2.48 bits per heavy atom. The summed E-state index contributed by atoms with van der Waals surface area (Å²) in [5.41, 5.74) is -0.0125. The topological polar surface area (TPSA) is 49.4 Å². The van der Waals surface area contributed by atoms with E-state index in [1.54, 1.807) is 0 Å². The lowest BCUT2D eigenvalue weighted by Gasteiger charge is -2.32. The van der Waals surface area contributed by atoms with E-state index < -0.39 is 17.5 Å². The molecule has 124 valence electrons. The second-order valence-electron chi connectivity index (χ2n) is 6.44. The average molecular weight is 322 g/mol. The van der Waals surface area contributed by atoms with Crippen LogP contribution in [0.15, 0.2) is 18.2 Å². The molecule has 1 atom stereocenters. The van der Waals surface area contributed by atoms with E-state index in [-0.39, 0.29) is 17.4 Å². The van der Waals surface area contributed by atoms with Gasteiger partial charge in [-0.05, 0) is 43.7 Å². The maximum Gasteiger partial charge on any atom is 0.254 e. The Kier molecular flexibility index (Phi) is 4.59. The fraction of sp³-hybridized carbons (Fsp3) is 0.529. The number of benzene rings is 1. The third kappa shape index (κ3) is 4.06. The van der Waals surface area contributed by atoms with Crippen LogP contribution < -0.4 is 5.32 Å². The summed E-state index contributed by atoms with van der Waals surface area (Å²) in [7, 11) is 0. The summed E-state index contributed by atoms with van der Waals surface area (Å²) in [6, 6.07) is 2.80. The molecule has 0 radical (unpaired) electrons. The third-order valence-corrected chi connectivity index (χ3v) is 4.45. The molecule has 1 aromatic rings. The molecule has 3 rings (SSSR count). The van der Waals surface area contributed by atoms with Gasteiger partial charge in [-0.2, -0.15) is 0 Å². The Hall–Kier alpha value is -1.98. The number of piperidine rings is 1. The number of nitrogens with one attached hydrogen (secondary N) is 1. The van der Waals surface area contributed by atoms with Gasteiger partial charge in [0, 0.05) is 31.3 Å². The van der Waals surface area contributed by atoms with Crippen LogP contribution in [0.1, 0.15) is 36.0 Å². The molecule has 4 nitrogen and oxygen atoms in total. The van der Waals surface area contributed by atoms with Crippen LogP contribution in [0.4, 0.5) is 8.78 Å². The molecule has 2 aliphatic rings. The normalized spacial score (nSPS) is 21.1. The van der Waals surface area contributed by atoms with E-state index in [1.807, 2.05) is 0 Å². The van der Waals surface area contributed by atoms with Crippen molar-refractivity contribution in [2.75, 3.05) is 19.6 Å². The summed E-state index contributed by atoms with van der Waals surface area (Å²) in [6.07, 6.45) is 3.78. The van der Waals surface area contributed by atoms with Gasteiger partial charge < -0.3 is 10.2 Å². The van der Waals surface area contributed by atoms with Gasteiger partial charge in [-0.1, -0.05) is 0 Å². The van der Waals surface area contributed by atoms with Crippen molar-refractivity contribution in [1.82, 2.24) is 10.2 Å². The molecule has 0 spiro atoms. The first-order valence-corrected chi connectivity index (χ1v) is 8.06. The lowest BCUT2D eigenvalue weighted by atomic mass is 9.96. The highest BCUT2D eigenvalue weighted by Gasteiger charge is 2.30. The van der Waals surface area contributed by atoms with Gasteiger partial charge >= 0.3 is 0 Å². The van der Waals surface area contributed by atoms with Crippen LogP contribution in [0.2, 0.25) is 0 Å². The zero-order valence-corrected chi connectivity index (χ0v) is 12.9. The number of rotatable bonds is 4. The van der Waals surface area contributed by atoms with Gasteiger partial charge in [0.1, 0.15) is 11.6 Å². The molecular weight excluding hydrogens is 302 g/mol. The fourth-order valence-corrected chi connectivity index (χ4v) is 2.95. The van der Waals surface area contributed by atoms with E-state index in [9.17, 15) is 18.4 Å². The van der Waals surface area contributed by atoms with E-state index in [1.165, 1.54) is 17.7 Å². The van der Waals surface area contributed by atoms with Crippen molar-refractivity contribution in [3.63, 3.8) is 0 Å². The SMILES string of the molecule is O=C(NCC1CC1)C1CCCN(C(=O)c2cc(F)cc(F)c2)C1. The van der Waals surface area contributed by atoms with E-state index in [0.717, 1.165) is 24.6 Å². The van der Waals surface area contributed by atoms with Crippen LogP contribution in [0.3, 0.4) is 0 Å². The molecule has 1 aliphatic heterocycles. The predicted octanol–water partition coefficient (Wildman–Crippen LogP) is 2.34. The van der Waals surface area contributed by atoms with E-state index >= 15 is 0 Å². The van der Waals surface area contributed by atoms with Crippen molar-refractivity contribution in [2.45, 2.75) is 25.7 Å². The Balaban J connectivity index is 1.62. The minimum Gasteiger partial charge on any atom is -0.356 e. The molecule has 1 aliphatic carbocycles. The highest BCUT2D eigenvalue weighted by atomic mass is 19.1. The van der Waals surface area contributed by atoms with Crippen molar-refractivity contribution < 1.29 is 18.4 Å². The molecule has 0 bridgehead atoms. The first kappa shape index (κ1) is 15.9. The summed E-state index contributed by atoms with van der Waals surface area (Å²) in [5.74, 6) is -1.64. The largest absolute Gasteiger partial charge is 0.356 e. The van der Waals surface area contributed by atoms with Gasteiger partial charge in [-0.3, -0.25) is 9.59 Å². The minimum absolute atomic E-state index is 0.0125. The molecule has 1 saturated carbocycles. The molecule has 0 aromatic heterocycles. The summed E-state index contributed by atoms with van der Waals surface area (Å²) in [4.78, 5) is 26.1. The molecular formula is C17H20F2N2O2. The average Bonchev–Trinajstić information content (AvgIpc) is 3.35. The molecule has 1 aromatic carbocycles. The van der Waals surface area contributed by atoms with Crippen molar-refractivity contribution in [3.8, 4) is 0 Å². The van der Waals surface area contributed by atoms with Gasteiger partial charge in [-0.25, -0.2) is 8.78 Å². The van der Waals surface area contributed by atoms with Crippen LogP contribution in [-0.4, -0.2) is 36.3 Å². The number of hydrogen-bond donors (Lipinski definition) is 1. The number of nitrogens with zero attached hydrogens (tertiary/aromatic N) is 1. The lowest BCUT2D eigenvalue weighted by Crippen LogP contribution is -2.45. The molecule has 1 saturated heterocycles. The second-order valence-corrected chi connectivity index (χ2v) is 6.44. The summed E-state index contributed by atoms with van der Waals surface area (Å²) < 4.78 is 26.5. The van der Waals surface area contributed by atoms with E-state index in [2.05, 4.69) is 5.32 Å². The van der Waals surface area contributed by atoms with Crippen molar-refractivity contribution in [3.05, 3.63) is 35.4 Å². The van der Waals surface area contributed by atoms with E-state index in [0.29, 0.717) is 32.0 Å². The van der Waals surface area contributed by atoms with Crippen molar-refractivity contribution in [1.29, 1.82) is 0 Å². The number of carbonyl (C=O) groups excluding carboxylic acids is 2. The Labute approximate surface area is 133 Å². The van der Waals surface area contributed by atoms with Crippen molar-refractivity contribution >= 4 is 11.8 Å². The summed E-state index contributed by atoms with van der Waals surface area (Å²) in [5, 5.41) is 2.93. The Morgan fingerprint density at radius 1 is 1.13 bits per heavy atom. The van der Waals surface area contributed by atoms with Crippen LogP contribution in [0, 0.1) is 23.5 Å². The summed E-state index contributed by atoms with van der Waals surface area (Å²) in [6.45, 7) is 1.51. The number of hydrogen-bond acceptors (Lipinski definition) is 2. The number of amides is 2. The first-order chi connectivity index (χ1) is 11.0. The Bertz CT molecular complexity index is 596. The van der Waals surface area contributed by atoms with Gasteiger partial charge in [0.2, 0.25) is 5.91 Å².